The molecule has 2 aliphatic heterocycles. The molecule has 7 heteroatoms. The number of nitriles is 1. The zero-order valence-corrected chi connectivity index (χ0v) is 17.0. The van der Waals surface area contributed by atoms with Crippen molar-refractivity contribution in [3.63, 3.8) is 0 Å². The van der Waals surface area contributed by atoms with E-state index < -0.39 is 0 Å². The van der Waals surface area contributed by atoms with Gasteiger partial charge in [-0.15, -0.1) is 0 Å². The number of aromatic nitrogens is 1. The van der Waals surface area contributed by atoms with Crippen LogP contribution in [0.2, 0.25) is 0 Å². The average Bonchev–Trinajstić information content (AvgIpc) is 2.79. The highest BCUT2D eigenvalue weighted by atomic mass is 16.7. The Kier molecular flexibility index (Phi) is 6.75. The molecule has 1 saturated carbocycles. The molecular weight excluding hydrogens is 364 g/mol. The summed E-state index contributed by atoms with van der Waals surface area (Å²) in [6, 6.07) is 6.27. The molecule has 154 valence electrons. The Morgan fingerprint density at radius 1 is 1.17 bits per heavy atom. The first-order valence-electron chi connectivity index (χ1n) is 10.8. The lowest BCUT2D eigenvalue weighted by atomic mass is 9.92. The lowest BCUT2D eigenvalue weighted by Gasteiger charge is -2.36. The minimum atomic E-state index is 0.353. The van der Waals surface area contributed by atoms with Crippen molar-refractivity contribution in [3.05, 3.63) is 36.3 Å². The first-order valence-corrected chi connectivity index (χ1v) is 10.8. The van der Waals surface area contributed by atoms with Crippen LogP contribution in [0, 0.1) is 11.3 Å². The molecule has 0 spiro atoms. The first kappa shape index (κ1) is 19.9. The van der Waals surface area contributed by atoms with Gasteiger partial charge >= 0.3 is 0 Å². The number of rotatable bonds is 7. The molecule has 3 heterocycles. The highest BCUT2D eigenvalue weighted by molar-refractivity contribution is 5.91. The van der Waals surface area contributed by atoms with E-state index in [0.717, 1.165) is 70.8 Å². The smallest absolute Gasteiger partial charge is 0.146 e. The Labute approximate surface area is 173 Å². The maximum absolute atomic E-state index is 9.27. The van der Waals surface area contributed by atoms with Crippen molar-refractivity contribution in [3.8, 4) is 6.07 Å². The molecule has 2 fully saturated rings. The fourth-order valence-electron chi connectivity index (χ4n) is 4.36. The van der Waals surface area contributed by atoms with Crippen LogP contribution in [0.3, 0.4) is 0 Å². The Morgan fingerprint density at radius 3 is 2.93 bits per heavy atom. The number of fused-ring (bicyclic) bond motifs is 1. The van der Waals surface area contributed by atoms with E-state index in [0.29, 0.717) is 11.6 Å². The Morgan fingerprint density at radius 2 is 2.07 bits per heavy atom. The third kappa shape index (κ3) is 4.95. The summed E-state index contributed by atoms with van der Waals surface area (Å²) < 4.78 is 0. The predicted octanol–water partition coefficient (Wildman–Crippen LogP) is 2.96. The molecule has 1 aromatic rings. The molecule has 1 saturated heterocycles. The van der Waals surface area contributed by atoms with Crippen molar-refractivity contribution in [2.75, 3.05) is 44.2 Å². The third-order valence-electron chi connectivity index (χ3n) is 5.99. The highest BCUT2D eigenvalue weighted by Gasteiger charge is 2.27. The molecule has 1 atom stereocenters. The van der Waals surface area contributed by atoms with E-state index >= 15 is 0 Å². The van der Waals surface area contributed by atoms with Crippen LogP contribution in [0.25, 0.3) is 0 Å². The van der Waals surface area contributed by atoms with E-state index in [1.807, 2.05) is 29.6 Å². The van der Waals surface area contributed by atoms with Crippen molar-refractivity contribution in [1.82, 2.24) is 14.9 Å². The van der Waals surface area contributed by atoms with Crippen LogP contribution in [0.5, 0.6) is 0 Å². The van der Waals surface area contributed by atoms with Crippen LogP contribution in [-0.2, 0) is 4.84 Å². The zero-order chi connectivity index (χ0) is 19.9. The van der Waals surface area contributed by atoms with Crippen molar-refractivity contribution in [1.29, 1.82) is 5.26 Å². The molecule has 1 unspecified atom stereocenters. The Bertz CT molecular complexity index is 778. The van der Waals surface area contributed by atoms with E-state index in [-0.39, 0.29) is 0 Å². The number of nitrogens with zero attached hydrogens (tertiary/aromatic N) is 6. The number of anilines is 1. The average molecular weight is 395 g/mol. The van der Waals surface area contributed by atoms with Gasteiger partial charge in [0, 0.05) is 50.5 Å². The standard InChI is InChI=1S/C22H30N6O/c23-18-19-6-5-9-25-22(19)27-15-13-26(14-16-27)11-3-4-17-29-28-12-10-24-20-7-1-2-8-21(20)28/h5-6,9-10,12,21H,1-4,7-8,11,13-17H2. The van der Waals surface area contributed by atoms with E-state index in [1.165, 1.54) is 18.6 Å². The number of hydroxylamine groups is 2. The van der Waals surface area contributed by atoms with Gasteiger partial charge in [0.1, 0.15) is 11.9 Å². The summed E-state index contributed by atoms with van der Waals surface area (Å²) >= 11 is 0. The number of piperazine rings is 1. The second kappa shape index (κ2) is 9.86. The van der Waals surface area contributed by atoms with Gasteiger partial charge in [0.05, 0.1) is 18.2 Å². The van der Waals surface area contributed by atoms with Gasteiger partial charge in [0.15, 0.2) is 0 Å². The van der Waals surface area contributed by atoms with Gasteiger partial charge in [-0.05, 0) is 50.8 Å². The molecule has 3 aliphatic rings. The number of pyridine rings is 1. The van der Waals surface area contributed by atoms with E-state index in [4.69, 9.17) is 4.84 Å². The lowest BCUT2D eigenvalue weighted by molar-refractivity contribution is -0.139. The van der Waals surface area contributed by atoms with Gasteiger partial charge < -0.3 is 4.90 Å². The Balaban J connectivity index is 1.13. The van der Waals surface area contributed by atoms with Crippen LogP contribution in [0.4, 0.5) is 5.82 Å². The monoisotopic (exact) mass is 394 g/mol. The molecule has 4 rings (SSSR count). The van der Waals surface area contributed by atoms with E-state index in [2.05, 4.69) is 25.8 Å². The van der Waals surface area contributed by atoms with E-state index in [1.54, 1.807) is 6.20 Å². The van der Waals surface area contributed by atoms with Gasteiger partial charge in [0.25, 0.3) is 0 Å². The molecule has 1 aromatic heterocycles. The summed E-state index contributed by atoms with van der Waals surface area (Å²) in [7, 11) is 0. The number of hydrogen-bond donors (Lipinski definition) is 0. The quantitative estimate of drug-likeness (QED) is 0.663. The number of unbranched alkanes of at least 4 members (excludes halogenated alkanes) is 1. The first-order chi connectivity index (χ1) is 14.3. The minimum absolute atomic E-state index is 0.353. The molecule has 1 aliphatic carbocycles. The molecule has 0 amide bonds. The summed E-state index contributed by atoms with van der Waals surface area (Å²) in [4.78, 5) is 19.7. The molecular formula is C22H30N6O. The van der Waals surface area contributed by atoms with Crippen LogP contribution >= 0.6 is 0 Å². The fraction of sp³-hybridized carbons (Fsp3) is 0.591. The molecule has 0 aromatic carbocycles. The van der Waals surface area contributed by atoms with Gasteiger partial charge in [-0.25, -0.2) is 4.98 Å². The summed E-state index contributed by atoms with van der Waals surface area (Å²) in [5.74, 6) is 0.822. The topological polar surface area (TPSA) is 68.0 Å². The molecule has 0 bridgehead atoms. The van der Waals surface area contributed by atoms with Crippen LogP contribution in [0.1, 0.15) is 44.1 Å². The summed E-state index contributed by atoms with van der Waals surface area (Å²) in [6.45, 7) is 5.72. The maximum atomic E-state index is 9.27. The van der Waals surface area contributed by atoms with Gasteiger partial charge in [-0.1, -0.05) is 6.42 Å². The molecule has 0 N–H and O–H groups in total. The largest absolute Gasteiger partial charge is 0.353 e. The highest BCUT2D eigenvalue weighted by Crippen LogP contribution is 2.24. The van der Waals surface area contributed by atoms with Crippen LogP contribution in [-0.4, -0.2) is 66.0 Å². The molecule has 7 nitrogen and oxygen atoms in total. The summed E-state index contributed by atoms with van der Waals surface area (Å²) in [5.41, 5.74) is 1.94. The third-order valence-corrected chi connectivity index (χ3v) is 5.99. The molecule has 29 heavy (non-hydrogen) atoms. The Hall–Kier alpha value is -2.43. The normalized spacial score (nSPS) is 22.2. The zero-order valence-electron chi connectivity index (χ0n) is 17.0. The fourth-order valence-corrected chi connectivity index (χ4v) is 4.36. The minimum Gasteiger partial charge on any atom is -0.353 e. The summed E-state index contributed by atoms with van der Waals surface area (Å²) in [5, 5.41) is 11.3. The lowest BCUT2D eigenvalue weighted by Crippen LogP contribution is -2.47. The van der Waals surface area contributed by atoms with Crippen molar-refractivity contribution < 1.29 is 4.84 Å². The number of aliphatic imine (C=N–C) groups is 1. The van der Waals surface area contributed by atoms with Crippen molar-refractivity contribution in [2.45, 2.75) is 44.6 Å². The van der Waals surface area contributed by atoms with Gasteiger partial charge in [0.2, 0.25) is 0 Å². The second-order valence-electron chi connectivity index (χ2n) is 7.90. The van der Waals surface area contributed by atoms with Gasteiger partial charge in [-0.2, -0.15) is 5.26 Å². The van der Waals surface area contributed by atoms with Crippen molar-refractivity contribution in [2.24, 2.45) is 4.99 Å². The van der Waals surface area contributed by atoms with Crippen molar-refractivity contribution >= 4 is 11.5 Å². The van der Waals surface area contributed by atoms with Crippen LogP contribution in [0.15, 0.2) is 35.7 Å². The SMILES string of the molecule is N#Cc1cccnc1N1CCN(CCCCON2C=CN=C3CCCCC32)CC1. The molecule has 0 radical (unpaired) electrons. The van der Waals surface area contributed by atoms with Crippen LogP contribution < -0.4 is 4.90 Å². The summed E-state index contributed by atoms with van der Waals surface area (Å²) in [6.07, 6.45) is 12.6. The van der Waals surface area contributed by atoms with Gasteiger partial charge in [-0.3, -0.25) is 19.8 Å². The van der Waals surface area contributed by atoms with E-state index in [9.17, 15) is 5.26 Å². The maximum Gasteiger partial charge on any atom is 0.146 e. The number of hydrogen-bond acceptors (Lipinski definition) is 7. The predicted molar refractivity (Wildman–Crippen MR) is 113 cm³/mol. The second-order valence-corrected chi connectivity index (χ2v) is 7.90.